The Bertz CT molecular complexity index is 328. The second kappa shape index (κ2) is 6.65. The van der Waals surface area contributed by atoms with E-state index in [0.29, 0.717) is 5.41 Å². The van der Waals surface area contributed by atoms with Crippen molar-refractivity contribution in [3.8, 4) is 0 Å². The van der Waals surface area contributed by atoms with E-state index in [1.54, 1.807) is 7.11 Å². The van der Waals surface area contributed by atoms with E-state index in [1.807, 2.05) is 0 Å². The minimum Gasteiger partial charge on any atom is -0.385 e. The van der Waals surface area contributed by atoms with Crippen molar-refractivity contribution < 1.29 is 4.74 Å². The van der Waals surface area contributed by atoms with Crippen LogP contribution in [0.2, 0.25) is 0 Å². The predicted octanol–water partition coefficient (Wildman–Crippen LogP) is 3.72. The summed E-state index contributed by atoms with van der Waals surface area (Å²) < 4.78 is 5.13. The van der Waals surface area contributed by atoms with E-state index in [2.05, 4.69) is 50.4 Å². The van der Waals surface area contributed by atoms with Gasteiger partial charge in [0.05, 0.1) is 6.61 Å². The van der Waals surface area contributed by atoms with Gasteiger partial charge in [0.2, 0.25) is 0 Å². The Balaban J connectivity index is 2.51. The SMILES string of the molecule is COCCc1ccccc1NCCC(C)(C)C. The molecule has 0 unspecified atom stereocenters. The number of para-hydroxylation sites is 1. The van der Waals surface area contributed by atoms with Gasteiger partial charge < -0.3 is 10.1 Å². The summed E-state index contributed by atoms with van der Waals surface area (Å²) >= 11 is 0. The number of hydrogen-bond acceptors (Lipinski definition) is 2. The zero-order valence-corrected chi connectivity index (χ0v) is 11.5. The van der Waals surface area contributed by atoms with Crippen LogP contribution in [0.15, 0.2) is 24.3 Å². The summed E-state index contributed by atoms with van der Waals surface area (Å²) in [4.78, 5) is 0. The first-order chi connectivity index (χ1) is 8.03. The van der Waals surface area contributed by atoms with Crippen molar-refractivity contribution in [3.63, 3.8) is 0 Å². The molecule has 96 valence electrons. The third-order valence-electron chi connectivity index (χ3n) is 2.78. The van der Waals surface area contributed by atoms with Gasteiger partial charge in [0.1, 0.15) is 0 Å². The number of methoxy groups -OCH3 is 1. The molecule has 1 aromatic carbocycles. The van der Waals surface area contributed by atoms with Gasteiger partial charge in [-0.15, -0.1) is 0 Å². The van der Waals surface area contributed by atoms with E-state index < -0.39 is 0 Å². The Morgan fingerprint density at radius 2 is 1.88 bits per heavy atom. The minimum absolute atomic E-state index is 0.383. The number of rotatable bonds is 6. The van der Waals surface area contributed by atoms with E-state index >= 15 is 0 Å². The van der Waals surface area contributed by atoms with Crippen LogP contribution in [-0.2, 0) is 11.2 Å². The van der Waals surface area contributed by atoms with E-state index in [-0.39, 0.29) is 0 Å². The Labute approximate surface area is 105 Å². The highest BCUT2D eigenvalue weighted by atomic mass is 16.5. The first-order valence-corrected chi connectivity index (χ1v) is 6.33. The monoisotopic (exact) mass is 235 g/mol. The second-order valence-corrected chi connectivity index (χ2v) is 5.64. The lowest BCUT2D eigenvalue weighted by Crippen LogP contribution is -2.13. The molecule has 0 aliphatic heterocycles. The second-order valence-electron chi connectivity index (χ2n) is 5.64. The summed E-state index contributed by atoms with van der Waals surface area (Å²) in [5.74, 6) is 0. The van der Waals surface area contributed by atoms with Gasteiger partial charge in [-0.25, -0.2) is 0 Å². The lowest BCUT2D eigenvalue weighted by Gasteiger charge is -2.19. The topological polar surface area (TPSA) is 21.3 Å². The third-order valence-corrected chi connectivity index (χ3v) is 2.78. The number of benzene rings is 1. The van der Waals surface area contributed by atoms with Gasteiger partial charge >= 0.3 is 0 Å². The molecular weight excluding hydrogens is 210 g/mol. The average Bonchev–Trinajstić information content (AvgIpc) is 2.26. The van der Waals surface area contributed by atoms with E-state index in [1.165, 1.54) is 17.7 Å². The van der Waals surface area contributed by atoms with Gasteiger partial charge in [0.15, 0.2) is 0 Å². The number of hydrogen-bond donors (Lipinski definition) is 1. The zero-order chi connectivity index (χ0) is 12.7. The van der Waals surface area contributed by atoms with Crippen LogP contribution in [0.3, 0.4) is 0 Å². The molecule has 0 saturated carbocycles. The summed E-state index contributed by atoms with van der Waals surface area (Å²) in [6, 6.07) is 8.47. The molecule has 0 aliphatic rings. The molecule has 1 rings (SSSR count). The van der Waals surface area contributed by atoms with Crippen molar-refractivity contribution in [2.45, 2.75) is 33.6 Å². The molecule has 0 atom stereocenters. The summed E-state index contributed by atoms with van der Waals surface area (Å²) in [5.41, 5.74) is 2.96. The van der Waals surface area contributed by atoms with Gasteiger partial charge in [-0.05, 0) is 29.9 Å². The normalized spacial score (nSPS) is 11.5. The molecule has 17 heavy (non-hydrogen) atoms. The number of anilines is 1. The predicted molar refractivity (Wildman–Crippen MR) is 74.6 cm³/mol. The average molecular weight is 235 g/mol. The van der Waals surface area contributed by atoms with E-state index in [0.717, 1.165) is 19.6 Å². The largest absolute Gasteiger partial charge is 0.385 e. The van der Waals surface area contributed by atoms with Crippen LogP contribution >= 0.6 is 0 Å². The molecule has 0 spiro atoms. The highest BCUT2D eigenvalue weighted by Crippen LogP contribution is 2.20. The molecule has 2 heteroatoms. The molecule has 0 saturated heterocycles. The van der Waals surface area contributed by atoms with Crippen LogP contribution < -0.4 is 5.32 Å². The first-order valence-electron chi connectivity index (χ1n) is 6.33. The Morgan fingerprint density at radius 3 is 2.53 bits per heavy atom. The Morgan fingerprint density at radius 1 is 1.18 bits per heavy atom. The first kappa shape index (κ1) is 14.0. The molecule has 0 aliphatic carbocycles. The fourth-order valence-corrected chi connectivity index (χ4v) is 1.69. The number of nitrogens with one attached hydrogen (secondary N) is 1. The quantitative estimate of drug-likeness (QED) is 0.811. The molecule has 0 bridgehead atoms. The van der Waals surface area contributed by atoms with Crippen LogP contribution in [0.4, 0.5) is 5.69 Å². The van der Waals surface area contributed by atoms with Gasteiger partial charge in [0.25, 0.3) is 0 Å². The zero-order valence-electron chi connectivity index (χ0n) is 11.5. The molecule has 1 N–H and O–H groups in total. The lowest BCUT2D eigenvalue weighted by atomic mass is 9.92. The molecule has 0 fully saturated rings. The molecular formula is C15H25NO. The van der Waals surface area contributed by atoms with Crippen molar-refractivity contribution in [2.75, 3.05) is 25.6 Å². The lowest BCUT2D eigenvalue weighted by molar-refractivity contribution is 0.202. The maximum absolute atomic E-state index is 5.13. The maximum Gasteiger partial charge on any atom is 0.0503 e. The smallest absolute Gasteiger partial charge is 0.0503 e. The molecule has 0 heterocycles. The van der Waals surface area contributed by atoms with Gasteiger partial charge in [0, 0.05) is 19.3 Å². The van der Waals surface area contributed by atoms with Gasteiger partial charge in [-0.2, -0.15) is 0 Å². The van der Waals surface area contributed by atoms with Crippen LogP contribution in [0.25, 0.3) is 0 Å². The van der Waals surface area contributed by atoms with Crippen molar-refractivity contribution in [2.24, 2.45) is 5.41 Å². The minimum atomic E-state index is 0.383. The van der Waals surface area contributed by atoms with Crippen molar-refractivity contribution in [1.82, 2.24) is 0 Å². The van der Waals surface area contributed by atoms with Crippen LogP contribution in [0.1, 0.15) is 32.8 Å². The molecule has 0 radical (unpaired) electrons. The van der Waals surface area contributed by atoms with Crippen molar-refractivity contribution in [3.05, 3.63) is 29.8 Å². The Hall–Kier alpha value is -1.02. The van der Waals surface area contributed by atoms with Crippen molar-refractivity contribution >= 4 is 5.69 Å². The van der Waals surface area contributed by atoms with Crippen LogP contribution in [0, 0.1) is 5.41 Å². The van der Waals surface area contributed by atoms with E-state index in [9.17, 15) is 0 Å². The summed E-state index contributed by atoms with van der Waals surface area (Å²) in [6.45, 7) is 8.61. The third kappa shape index (κ3) is 5.73. The highest BCUT2D eigenvalue weighted by Gasteiger charge is 2.09. The maximum atomic E-state index is 5.13. The van der Waals surface area contributed by atoms with Crippen LogP contribution in [0.5, 0.6) is 0 Å². The fraction of sp³-hybridized carbons (Fsp3) is 0.600. The Kier molecular flexibility index (Phi) is 5.49. The summed E-state index contributed by atoms with van der Waals surface area (Å²) in [5, 5.41) is 3.52. The molecule has 0 aromatic heterocycles. The number of ether oxygens (including phenoxy) is 1. The summed E-state index contributed by atoms with van der Waals surface area (Å²) in [6.07, 6.45) is 2.14. The standard InChI is InChI=1S/C15H25NO/c1-15(2,3)10-11-16-14-8-6-5-7-13(14)9-12-17-4/h5-8,16H,9-12H2,1-4H3. The van der Waals surface area contributed by atoms with E-state index in [4.69, 9.17) is 4.74 Å². The fourth-order valence-electron chi connectivity index (χ4n) is 1.69. The summed E-state index contributed by atoms with van der Waals surface area (Å²) in [7, 11) is 1.75. The van der Waals surface area contributed by atoms with Crippen LogP contribution in [-0.4, -0.2) is 20.3 Å². The molecule has 0 amide bonds. The molecule has 2 nitrogen and oxygen atoms in total. The van der Waals surface area contributed by atoms with Gasteiger partial charge in [-0.3, -0.25) is 0 Å². The highest BCUT2D eigenvalue weighted by molar-refractivity contribution is 5.51. The molecule has 1 aromatic rings. The van der Waals surface area contributed by atoms with Gasteiger partial charge in [-0.1, -0.05) is 39.0 Å². The van der Waals surface area contributed by atoms with Crippen molar-refractivity contribution in [1.29, 1.82) is 0 Å².